The monoisotopic (exact) mass is 378 g/mol. The van der Waals surface area contributed by atoms with Gasteiger partial charge in [0, 0.05) is 12.8 Å². The van der Waals surface area contributed by atoms with Crippen molar-refractivity contribution in [3.63, 3.8) is 0 Å². The minimum absolute atomic E-state index is 0.176. The number of carboxylic acids is 1. The van der Waals surface area contributed by atoms with Gasteiger partial charge in [0.1, 0.15) is 28.9 Å². The molecule has 26 heavy (non-hydrogen) atoms. The molecular formula is C18H19FN2O4S. The lowest BCUT2D eigenvalue weighted by Crippen LogP contribution is -2.42. The summed E-state index contributed by atoms with van der Waals surface area (Å²) < 4.78 is 18.7. The van der Waals surface area contributed by atoms with E-state index >= 15 is 0 Å². The van der Waals surface area contributed by atoms with Crippen molar-refractivity contribution in [1.82, 2.24) is 10.6 Å². The number of aryl methyl sites for hydroxylation is 1. The molecule has 2 unspecified atom stereocenters. The standard InChI is InChI=1S/C18H19FN2O4S/c1-2-12-7-8-13(25-12)9-14-16(22)21-18(26-14)20-15(17(23)24)10-3-5-11(19)6-4-10/h3-8,14-15,18,20H,2,9H2,1H3,(H,21,22)(H,23,24)/t14?,15-,18?/m0/s1. The number of hydrogen-bond acceptors (Lipinski definition) is 5. The quantitative estimate of drug-likeness (QED) is 0.686. The van der Waals surface area contributed by atoms with Crippen LogP contribution in [0.1, 0.15) is 30.0 Å². The molecule has 8 heteroatoms. The molecule has 1 amide bonds. The van der Waals surface area contributed by atoms with Crippen LogP contribution in [0.25, 0.3) is 0 Å². The molecule has 3 atom stereocenters. The van der Waals surface area contributed by atoms with Crippen molar-refractivity contribution in [3.05, 3.63) is 59.3 Å². The summed E-state index contributed by atoms with van der Waals surface area (Å²) in [6, 6.07) is 7.92. The van der Waals surface area contributed by atoms with Crippen molar-refractivity contribution in [2.75, 3.05) is 0 Å². The summed E-state index contributed by atoms with van der Waals surface area (Å²) in [5.41, 5.74) is -0.143. The Kier molecular flexibility index (Phi) is 5.63. The maximum atomic E-state index is 13.1. The van der Waals surface area contributed by atoms with Gasteiger partial charge in [0.25, 0.3) is 0 Å². The Morgan fingerprint density at radius 1 is 1.31 bits per heavy atom. The van der Waals surface area contributed by atoms with Gasteiger partial charge in [-0.2, -0.15) is 0 Å². The number of rotatable bonds is 7. The van der Waals surface area contributed by atoms with Gasteiger partial charge >= 0.3 is 5.97 Å². The van der Waals surface area contributed by atoms with Crippen LogP contribution in [0.15, 0.2) is 40.8 Å². The number of hydrogen-bond donors (Lipinski definition) is 3. The topological polar surface area (TPSA) is 91.6 Å². The Morgan fingerprint density at radius 3 is 2.62 bits per heavy atom. The van der Waals surface area contributed by atoms with E-state index in [1.165, 1.54) is 36.0 Å². The summed E-state index contributed by atoms with van der Waals surface area (Å²) in [5, 5.41) is 14.7. The highest BCUT2D eigenvalue weighted by atomic mass is 32.2. The first-order valence-electron chi connectivity index (χ1n) is 8.24. The molecule has 0 radical (unpaired) electrons. The normalized spacial score (nSPS) is 20.8. The number of carbonyl (C=O) groups is 2. The lowest BCUT2D eigenvalue weighted by Gasteiger charge is -2.19. The predicted molar refractivity (Wildman–Crippen MR) is 95.0 cm³/mol. The van der Waals surface area contributed by atoms with E-state index < -0.39 is 23.3 Å². The maximum absolute atomic E-state index is 13.1. The number of halogens is 1. The van der Waals surface area contributed by atoms with E-state index in [0.29, 0.717) is 12.0 Å². The number of nitrogens with one attached hydrogen (secondary N) is 2. The highest BCUT2D eigenvalue weighted by Gasteiger charge is 2.36. The van der Waals surface area contributed by atoms with Crippen LogP contribution < -0.4 is 10.6 Å². The third-order valence-corrected chi connectivity index (χ3v) is 5.32. The van der Waals surface area contributed by atoms with Gasteiger partial charge in [0.05, 0.1) is 5.25 Å². The molecule has 0 bridgehead atoms. The van der Waals surface area contributed by atoms with Gasteiger partial charge in [-0.15, -0.1) is 11.8 Å². The van der Waals surface area contributed by atoms with Crippen molar-refractivity contribution in [2.24, 2.45) is 0 Å². The largest absolute Gasteiger partial charge is 0.480 e. The molecule has 0 spiro atoms. The van der Waals surface area contributed by atoms with Crippen molar-refractivity contribution >= 4 is 23.6 Å². The molecule has 0 aliphatic carbocycles. The fourth-order valence-corrected chi connectivity index (χ4v) is 3.90. The first-order valence-corrected chi connectivity index (χ1v) is 9.18. The molecule has 1 fully saturated rings. The van der Waals surface area contributed by atoms with Crippen LogP contribution in [0.3, 0.4) is 0 Å². The lowest BCUT2D eigenvalue weighted by atomic mass is 10.1. The molecule has 3 N–H and O–H groups in total. The Hall–Kier alpha value is -2.32. The van der Waals surface area contributed by atoms with Crippen molar-refractivity contribution in [1.29, 1.82) is 0 Å². The van der Waals surface area contributed by atoms with E-state index in [2.05, 4.69) is 10.6 Å². The summed E-state index contributed by atoms with van der Waals surface area (Å²) >= 11 is 1.30. The molecule has 1 aromatic carbocycles. The highest BCUT2D eigenvalue weighted by Crippen LogP contribution is 2.28. The van der Waals surface area contributed by atoms with Crippen LogP contribution >= 0.6 is 11.8 Å². The minimum atomic E-state index is -1.10. The van der Waals surface area contributed by atoms with Gasteiger partial charge < -0.3 is 14.8 Å². The molecule has 2 aromatic rings. The molecule has 2 heterocycles. The van der Waals surface area contributed by atoms with E-state index in [0.717, 1.165) is 17.9 Å². The fourth-order valence-electron chi connectivity index (χ4n) is 2.73. The zero-order valence-corrected chi connectivity index (χ0v) is 14.9. The molecule has 1 saturated heterocycles. The van der Waals surface area contributed by atoms with Gasteiger partial charge in [-0.25, -0.2) is 4.39 Å². The van der Waals surface area contributed by atoms with Gasteiger partial charge in [0.15, 0.2) is 0 Å². The van der Waals surface area contributed by atoms with Crippen molar-refractivity contribution in [3.8, 4) is 0 Å². The van der Waals surface area contributed by atoms with Gasteiger partial charge in [-0.05, 0) is 29.8 Å². The Labute approximate surface area is 154 Å². The fraction of sp³-hybridized carbons (Fsp3) is 0.333. The second-order valence-corrected chi connectivity index (χ2v) is 7.24. The van der Waals surface area contributed by atoms with Gasteiger partial charge in [0.2, 0.25) is 5.91 Å². The molecule has 1 aliphatic rings. The number of benzene rings is 1. The molecule has 6 nitrogen and oxygen atoms in total. The Morgan fingerprint density at radius 2 is 2.00 bits per heavy atom. The summed E-state index contributed by atoms with van der Waals surface area (Å²) in [6.07, 6.45) is 1.22. The second kappa shape index (κ2) is 7.92. The summed E-state index contributed by atoms with van der Waals surface area (Å²) in [7, 11) is 0. The maximum Gasteiger partial charge on any atom is 0.325 e. The van der Waals surface area contributed by atoms with Crippen LogP contribution in [-0.4, -0.2) is 27.7 Å². The molecule has 138 valence electrons. The average molecular weight is 378 g/mol. The lowest BCUT2D eigenvalue weighted by molar-refractivity contribution is -0.140. The van der Waals surface area contributed by atoms with E-state index in [1.54, 1.807) is 0 Å². The molecule has 3 rings (SSSR count). The zero-order chi connectivity index (χ0) is 18.7. The third-order valence-electron chi connectivity index (χ3n) is 4.09. The zero-order valence-electron chi connectivity index (χ0n) is 14.1. The van der Waals surface area contributed by atoms with E-state index in [4.69, 9.17) is 4.42 Å². The first-order chi connectivity index (χ1) is 12.5. The first kappa shape index (κ1) is 18.5. The SMILES string of the molecule is CCc1ccc(CC2SC(N[C@H](C(=O)O)c3ccc(F)cc3)NC2=O)o1. The summed E-state index contributed by atoms with van der Waals surface area (Å²) in [6.45, 7) is 1.99. The predicted octanol–water partition coefficient (Wildman–Crippen LogP) is 2.45. The average Bonchev–Trinajstić information content (AvgIpc) is 3.20. The van der Waals surface area contributed by atoms with Gasteiger partial charge in [-0.3, -0.25) is 14.9 Å². The molecule has 1 aromatic heterocycles. The number of aliphatic carboxylic acids is 1. The van der Waals surface area contributed by atoms with Crippen LogP contribution in [0.4, 0.5) is 4.39 Å². The third kappa shape index (κ3) is 4.25. The van der Waals surface area contributed by atoms with E-state index in [-0.39, 0.29) is 11.2 Å². The number of carbonyl (C=O) groups excluding carboxylic acids is 1. The number of amides is 1. The van der Waals surface area contributed by atoms with Crippen molar-refractivity contribution in [2.45, 2.75) is 36.6 Å². The molecular weight excluding hydrogens is 359 g/mol. The van der Waals surface area contributed by atoms with E-state index in [9.17, 15) is 19.1 Å². The van der Waals surface area contributed by atoms with Crippen LogP contribution in [0, 0.1) is 5.82 Å². The number of thioether (sulfide) groups is 1. The Balaban J connectivity index is 1.65. The van der Waals surface area contributed by atoms with Gasteiger partial charge in [-0.1, -0.05) is 19.1 Å². The number of furan rings is 1. The van der Waals surface area contributed by atoms with Crippen LogP contribution in [-0.2, 0) is 22.4 Å². The Bertz CT molecular complexity index is 793. The summed E-state index contributed by atoms with van der Waals surface area (Å²) in [5.74, 6) is -0.131. The minimum Gasteiger partial charge on any atom is -0.480 e. The van der Waals surface area contributed by atoms with Crippen LogP contribution in [0.2, 0.25) is 0 Å². The van der Waals surface area contributed by atoms with Crippen molar-refractivity contribution < 1.29 is 23.5 Å². The summed E-state index contributed by atoms with van der Waals surface area (Å²) in [4.78, 5) is 23.8. The molecule has 0 saturated carbocycles. The second-order valence-electron chi connectivity index (χ2n) is 5.93. The van der Waals surface area contributed by atoms with E-state index in [1.807, 2.05) is 19.1 Å². The number of carboxylic acid groups (broad SMARTS) is 1. The smallest absolute Gasteiger partial charge is 0.325 e. The molecule has 1 aliphatic heterocycles. The highest BCUT2D eigenvalue weighted by molar-refractivity contribution is 8.01. The van der Waals surface area contributed by atoms with Crippen LogP contribution in [0.5, 0.6) is 0 Å².